The van der Waals surface area contributed by atoms with Crippen LogP contribution in [0.25, 0.3) is 55.1 Å². The summed E-state index contributed by atoms with van der Waals surface area (Å²) in [5.74, 6) is 2.53. The number of hydrogen-bond donors (Lipinski definition) is 0. The van der Waals surface area contributed by atoms with E-state index in [1.54, 1.807) is 0 Å². The summed E-state index contributed by atoms with van der Waals surface area (Å²) < 4.78 is 13.0. The minimum atomic E-state index is -0.0323. The number of aromatic nitrogens is 3. The smallest absolute Gasteiger partial charge is 0.258 e. The summed E-state index contributed by atoms with van der Waals surface area (Å²) in [5, 5.41) is 2.52. The van der Waals surface area contributed by atoms with Crippen molar-refractivity contribution in [1.82, 2.24) is 14.0 Å². The maximum Gasteiger partial charge on any atom is 0.258 e. The molecule has 0 unspecified atom stereocenters. The average Bonchev–Trinajstić information content (AvgIpc) is 3.91. The van der Waals surface area contributed by atoms with Gasteiger partial charge in [-0.2, -0.15) is 0 Å². The molecule has 0 spiro atoms. The van der Waals surface area contributed by atoms with Gasteiger partial charge in [0.15, 0.2) is 0 Å². The lowest BCUT2D eigenvalue weighted by Crippen LogP contribution is -2.59. The molecule has 0 atom stereocenters. The number of hydrogen-bond acceptors (Lipinski definition) is 4. The summed E-state index contributed by atoms with van der Waals surface area (Å²) >= 11 is 1.86. The summed E-state index contributed by atoms with van der Waals surface area (Å²) in [7, 11) is 0. The molecule has 54 heavy (non-hydrogen) atoms. The summed E-state index contributed by atoms with van der Waals surface area (Å²) in [6, 6.07) is 63.9. The predicted molar refractivity (Wildman–Crippen MR) is 222 cm³/mol. The van der Waals surface area contributed by atoms with Crippen molar-refractivity contribution in [3.63, 3.8) is 0 Å². The molecule has 0 saturated carbocycles. The average molecular weight is 707 g/mol. The van der Waals surface area contributed by atoms with Crippen LogP contribution in [0.1, 0.15) is 0 Å². The highest BCUT2D eigenvalue weighted by Crippen LogP contribution is 2.48. The van der Waals surface area contributed by atoms with E-state index in [1.165, 1.54) is 26.0 Å². The van der Waals surface area contributed by atoms with Crippen LogP contribution in [0.4, 0.5) is 16.4 Å². The fraction of sp³-hybridized carbons (Fsp3) is 0. The third kappa shape index (κ3) is 4.03. The number of para-hydroxylation sites is 4. The van der Waals surface area contributed by atoms with Gasteiger partial charge in [-0.1, -0.05) is 109 Å². The summed E-state index contributed by atoms with van der Waals surface area (Å²) in [5.41, 5.74) is 12.9. The number of anilines is 3. The van der Waals surface area contributed by atoms with Gasteiger partial charge in [-0.25, -0.2) is 4.98 Å². The quantitative estimate of drug-likeness (QED) is 0.171. The Balaban J connectivity index is 1.21. The van der Waals surface area contributed by atoms with Gasteiger partial charge in [0.1, 0.15) is 11.5 Å². The molecule has 5 heterocycles. The second kappa shape index (κ2) is 11.2. The zero-order valence-electron chi connectivity index (χ0n) is 28.8. The van der Waals surface area contributed by atoms with Crippen molar-refractivity contribution in [2.75, 3.05) is 4.90 Å². The number of imidazole rings is 2. The van der Waals surface area contributed by atoms with Gasteiger partial charge in [-0.15, -0.1) is 11.3 Å². The maximum absolute atomic E-state index is 7.18. The summed E-state index contributed by atoms with van der Waals surface area (Å²) in [6.07, 6.45) is 0. The van der Waals surface area contributed by atoms with Crippen LogP contribution in [0.3, 0.4) is 0 Å². The number of rotatable bonds is 4. The van der Waals surface area contributed by atoms with Crippen molar-refractivity contribution in [3.8, 4) is 39.7 Å². The summed E-state index contributed by atoms with van der Waals surface area (Å²) in [4.78, 5) is 7.93. The Bertz CT molecular complexity index is 3100. The lowest BCUT2D eigenvalue weighted by Gasteiger charge is -2.39. The highest BCUT2D eigenvalue weighted by Gasteiger charge is 2.45. The van der Waals surface area contributed by atoms with Crippen LogP contribution in [-0.2, 0) is 0 Å². The predicted octanol–water partition coefficient (Wildman–Crippen LogP) is 9.83. The SMILES string of the molecule is c1ccc(-c2nc3n(-c4ccc5c6c4Oc4ccccc4B6c4c(sc6ccccc46)N5c4ccccc4)c4ccccc4n3c2-c2ccccc2)cc#1. The largest absolute Gasteiger partial charge is 0.456 e. The van der Waals surface area contributed by atoms with E-state index >= 15 is 0 Å². The van der Waals surface area contributed by atoms with E-state index in [-0.39, 0.29) is 6.71 Å². The Morgan fingerprint density at radius 2 is 1.37 bits per heavy atom. The number of benzene rings is 6. The van der Waals surface area contributed by atoms with Gasteiger partial charge >= 0.3 is 0 Å². The van der Waals surface area contributed by atoms with E-state index in [1.807, 2.05) is 23.5 Å². The van der Waals surface area contributed by atoms with Gasteiger partial charge < -0.3 is 9.64 Å². The van der Waals surface area contributed by atoms with Crippen molar-refractivity contribution >= 4 is 77.7 Å². The van der Waals surface area contributed by atoms with E-state index in [4.69, 9.17) is 9.72 Å². The van der Waals surface area contributed by atoms with Crippen LogP contribution >= 0.6 is 11.3 Å². The second-order valence-electron chi connectivity index (χ2n) is 13.8. The summed E-state index contributed by atoms with van der Waals surface area (Å²) in [6.45, 7) is -0.0323. The first kappa shape index (κ1) is 29.6. The third-order valence-electron chi connectivity index (χ3n) is 10.9. The van der Waals surface area contributed by atoms with Crippen LogP contribution in [0.15, 0.2) is 164 Å². The molecule has 10 aromatic rings. The highest BCUT2D eigenvalue weighted by molar-refractivity contribution is 7.26. The molecule has 7 aromatic carbocycles. The molecule has 0 amide bonds. The maximum atomic E-state index is 7.18. The van der Waals surface area contributed by atoms with Gasteiger partial charge in [0.25, 0.3) is 6.71 Å². The van der Waals surface area contributed by atoms with E-state index in [0.29, 0.717) is 0 Å². The molecule has 3 aromatic heterocycles. The Labute approximate surface area is 315 Å². The molecule has 12 rings (SSSR count). The van der Waals surface area contributed by atoms with Crippen molar-refractivity contribution in [2.24, 2.45) is 0 Å². The molecule has 0 saturated heterocycles. The molecule has 2 aliphatic rings. The topological polar surface area (TPSA) is 34.7 Å². The van der Waals surface area contributed by atoms with Crippen molar-refractivity contribution < 1.29 is 4.74 Å². The molecule has 2 aliphatic heterocycles. The van der Waals surface area contributed by atoms with Crippen molar-refractivity contribution in [1.29, 1.82) is 0 Å². The molecule has 0 radical (unpaired) electrons. The van der Waals surface area contributed by atoms with Gasteiger partial charge in [-0.3, -0.25) is 8.97 Å². The molecule has 0 aliphatic carbocycles. The Hall–Kier alpha value is -7.01. The zero-order valence-corrected chi connectivity index (χ0v) is 29.6. The van der Waals surface area contributed by atoms with Crippen LogP contribution in [0, 0.1) is 12.1 Å². The molecular formula is C47H27BN4OS. The highest BCUT2D eigenvalue weighted by atomic mass is 32.1. The normalized spacial score (nSPS) is 12.7. The Morgan fingerprint density at radius 1 is 0.630 bits per heavy atom. The van der Waals surface area contributed by atoms with Gasteiger partial charge in [0.2, 0.25) is 5.78 Å². The first-order chi connectivity index (χ1) is 26.8. The molecule has 5 nitrogen and oxygen atoms in total. The van der Waals surface area contributed by atoms with Crippen LogP contribution in [0.2, 0.25) is 0 Å². The van der Waals surface area contributed by atoms with Gasteiger partial charge in [0, 0.05) is 27.2 Å². The van der Waals surface area contributed by atoms with Crippen LogP contribution < -0.4 is 26.0 Å². The van der Waals surface area contributed by atoms with E-state index in [2.05, 4.69) is 178 Å². The van der Waals surface area contributed by atoms with E-state index in [0.717, 1.165) is 73.3 Å². The first-order valence-corrected chi connectivity index (χ1v) is 18.9. The molecule has 250 valence electrons. The van der Waals surface area contributed by atoms with Gasteiger partial charge in [-0.05, 0) is 88.5 Å². The molecule has 0 fully saturated rings. The fourth-order valence-electron chi connectivity index (χ4n) is 8.68. The second-order valence-corrected chi connectivity index (χ2v) is 14.8. The van der Waals surface area contributed by atoms with Crippen LogP contribution in [0.5, 0.6) is 11.5 Å². The van der Waals surface area contributed by atoms with Crippen molar-refractivity contribution in [3.05, 3.63) is 176 Å². The molecule has 0 bridgehead atoms. The fourth-order valence-corrected chi connectivity index (χ4v) is 9.96. The van der Waals surface area contributed by atoms with Gasteiger partial charge in [0.05, 0.1) is 33.1 Å². The number of ether oxygens (including phenoxy) is 1. The Kier molecular flexibility index (Phi) is 6.16. The lowest BCUT2D eigenvalue weighted by atomic mass is 9.34. The zero-order chi connectivity index (χ0) is 35.3. The molecular weight excluding hydrogens is 679 g/mol. The number of nitrogens with zero attached hydrogens (tertiary/aromatic N) is 4. The Morgan fingerprint density at radius 3 is 2.22 bits per heavy atom. The van der Waals surface area contributed by atoms with E-state index in [9.17, 15) is 0 Å². The van der Waals surface area contributed by atoms with Crippen LogP contribution in [-0.4, -0.2) is 20.7 Å². The minimum absolute atomic E-state index is 0.0323. The standard InChI is InChI=1S/C47H27BN4OS/c1-4-16-30(17-5-1)43-44(31-18-6-2-7-19-31)52-36-25-13-12-24-35(36)51(47(52)49-43)38-29-28-37-42-45(38)53-39-26-14-11-23-34(39)48(42)41-33-22-10-15-27-40(33)54-46(41)50(37)32-20-8-3-9-21-32/h2-4,6-29H. The number of thiophene rings is 1. The minimum Gasteiger partial charge on any atom is -0.456 e. The lowest BCUT2D eigenvalue weighted by molar-refractivity contribution is 0.485. The third-order valence-corrected chi connectivity index (χ3v) is 12.1. The molecule has 7 heteroatoms. The monoisotopic (exact) mass is 706 g/mol. The number of fused-ring (bicyclic) bond motifs is 9. The van der Waals surface area contributed by atoms with E-state index < -0.39 is 0 Å². The molecule has 0 N–H and O–H groups in total. The van der Waals surface area contributed by atoms with Crippen molar-refractivity contribution in [2.45, 2.75) is 0 Å². The first-order valence-electron chi connectivity index (χ1n) is 18.1.